The first-order valence-corrected chi connectivity index (χ1v) is 5.56. The summed E-state index contributed by atoms with van der Waals surface area (Å²) in [5, 5.41) is 19.8. The molecule has 1 aliphatic rings. The molecule has 18 heavy (non-hydrogen) atoms. The van der Waals surface area contributed by atoms with Crippen molar-refractivity contribution in [1.82, 2.24) is 19.6 Å². The normalized spacial score (nSPS) is 22.4. The molecule has 7 heteroatoms. The maximum atomic E-state index is 10.8. The molecule has 1 aliphatic carbocycles. The lowest BCUT2D eigenvalue weighted by Crippen LogP contribution is -2.19. The molecule has 7 nitrogen and oxygen atoms in total. The van der Waals surface area contributed by atoms with Crippen LogP contribution in [0.5, 0.6) is 0 Å². The van der Waals surface area contributed by atoms with Gasteiger partial charge < -0.3 is 10.4 Å². The van der Waals surface area contributed by atoms with Crippen LogP contribution < -0.4 is 5.32 Å². The molecule has 0 radical (unpaired) electrons. The lowest BCUT2D eigenvalue weighted by molar-refractivity contribution is -0.140. The Kier molecular flexibility index (Phi) is 2.44. The lowest BCUT2D eigenvalue weighted by atomic mass is 10.1. The standard InChI is InChI=1S/C11H11N5O2/c17-11(18)7-1-2-8(5-7)14-9-10-15-13-6-16(10)4-3-12-9/h1-4,6-8H,5H2,(H,12,14)(H,17,18). The third kappa shape index (κ3) is 1.79. The highest BCUT2D eigenvalue weighted by atomic mass is 16.4. The van der Waals surface area contributed by atoms with Crippen molar-refractivity contribution < 1.29 is 9.90 Å². The molecule has 2 atom stereocenters. The Morgan fingerprint density at radius 2 is 2.39 bits per heavy atom. The molecule has 2 heterocycles. The van der Waals surface area contributed by atoms with E-state index in [0.717, 1.165) is 0 Å². The van der Waals surface area contributed by atoms with Crippen LogP contribution >= 0.6 is 0 Å². The third-order valence-electron chi connectivity index (χ3n) is 2.94. The molecule has 0 saturated heterocycles. The van der Waals surface area contributed by atoms with Crippen molar-refractivity contribution >= 4 is 17.4 Å². The second-order valence-electron chi connectivity index (χ2n) is 4.15. The first-order chi connectivity index (χ1) is 8.74. The number of rotatable bonds is 3. The summed E-state index contributed by atoms with van der Waals surface area (Å²) in [6.07, 6.45) is 9.06. The number of anilines is 1. The summed E-state index contributed by atoms with van der Waals surface area (Å²) in [7, 11) is 0. The van der Waals surface area contributed by atoms with Crippen LogP contribution in [0, 0.1) is 5.92 Å². The van der Waals surface area contributed by atoms with Crippen LogP contribution in [-0.2, 0) is 4.79 Å². The number of hydrogen-bond acceptors (Lipinski definition) is 5. The Hall–Kier alpha value is -2.44. The monoisotopic (exact) mass is 245 g/mol. The van der Waals surface area contributed by atoms with Gasteiger partial charge in [0.25, 0.3) is 0 Å². The first-order valence-electron chi connectivity index (χ1n) is 5.56. The molecule has 0 saturated carbocycles. The summed E-state index contributed by atoms with van der Waals surface area (Å²) in [6.45, 7) is 0. The van der Waals surface area contributed by atoms with Crippen LogP contribution in [0.2, 0.25) is 0 Å². The Bertz CT molecular complexity index is 621. The van der Waals surface area contributed by atoms with Gasteiger partial charge in [0, 0.05) is 18.4 Å². The molecular weight excluding hydrogens is 234 g/mol. The number of carbonyl (C=O) groups is 1. The van der Waals surface area contributed by atoms with Gasteiger partial charge in [0.15, 0.2) is 5.82 Å². The number of aliphatic carboxylic acids is 1. The summed E-state index contributed by atoms with van der Waals surface area (Å²) in [5.41, 5.74) is 0.629. The summed E-state index contributed by atoms with van der Waals surface area (Å²) in [5.74, 6) is -0.625. The average molecular weight is 245 g/mol. The molecule has 0 bridgehead atoms. The van der Waals surface area contributed by atoms with Crippen molar-refractivity contribution in [2.45, 2.75) is 12.5 Å². The SMILES string of the molecule is O=C(O)C1C=CC(Nc2nccn3cnnc23)C1. The van der Waals surface area contributed by atoms with Crippen molar-refractivity contribution in [3.05, 3.63) is 30.9 Å². The molecule has 0 aliphatic heterocycles. The van der Waals surface area contributed by atoms with E-state index in [4.69, 9.17) is 5.11 Å². The van der Waals surface area contributed by atoms with Gasteiger partial charge in [0.1, 0.15) is 6.33 Å². The summed E-state index contributed by atoms with van der Waals surface area (Å²) >= 11 is 0. The predicted molar refractivity (Wildman–Crippen MR) is 63.1 cm³/mol. The fraction of sp³-hybridized carbons (Fsp3) is 0.273. The molecule has 0 spiro atoms. The molecule has 92 valence electrons. The van der Waals surface area contributed by atoms with Crippen LogP contribution in [0.25, 0.3) is 5.65 Å². The number of fused-ring (bicyclic) bond motifs is 1. The van der Waals surface area contributed by atoms with Crippen molar-refractivity contribution in [2.75, 3.05) is 5.32 Å². The van der Waals surface area contributed by atoms with Crippen LogP contribution in [0.15, 0.2) is 30.9 Å². The Labute approximate surface area is 102 Å². The third-order valence-corrected chi connectivity index (χ3v) is 2.94. The van der Waals surface area contributed by atoms with E-state index in [1.807, 2.05) is 6.08 Å². The first kappa shape index (κ1) is 10.7. The largest absolute Gasteiger partial charge is 0.481 e. The number of carboxylic acids is 1. The van der Waals surface area contributed by atoms with Gasteiger partial charge in [-0.15, -0.1) is 10.2 Å². The van der Waals surface area contributed by atoms with E-state index < -0.39 is 11.9 Å². The minimum atomic E-state index is -0.802. The minimum absolute atomic E-state index is 0.0403. The molecule has 2 aromatic heterocycles. The molecule has 2 N–H and O–H groups in total. The van der Waals surface area contributed by atoms with E-state index in [9.17, 15) is 4.79 Å². The van der Waals surface area contributed by atoms with Gasteiger partial charge in [-0.1, -0.05) is 12.2 Å². The molecule has 0 aromatic carbocycles. The molecule has 2 aromatic rings. The highest BCUT2D eigenvalue weighted by Crippen LogP contribution is 2.22. The van der Waals surface area contributed by atoms with E-state index >= 15 is 0 Å². The molecular formula is C11H11N5O2. The highest BCUT2D eigenvalue weighted by molar-refractivity contribution is 5.73. The Morgan fingerprint density at radius 1 is 1.50 bits per heavy atom. The summed E-state index contributed by atoms with van der Waals surface area (Å²) in [4.78, 5) is 15.0. The van der Waals surface area contributed by atoms with Crippen molar-refractivity contribution in [1.29, 1.82) is 0 Å². The fourth-order valence-corrected chi connectivity index (χ4v) is 2.03. The molecule has 0 amide bonds. The van der Waals surface area contributed by atoms with E-state index in [1.165, 1.54) is 0 Å². The topological polar surface area (TPSA) is 92.4 Å². The number of nitrogens with zero attached hydrogens (tertiary/aromatic N) is 4. The van der Waals surface area contributed by atoms with Gasteiger partial charge in [-0.05, 0) is 6.42 Å². The average Bonchev–Trinajstić information content (AvgIpc) is 2.97. The van der Waals surface area contributed by atoms with Crippen molar-refractivity contribution in [2.24, 2.45) is 5.92 Å². The van der Waals surface area contributed by atoms with Gasteiger partial charge in [0.05, 0.1) is 5.92 Å². The van der Waals surface area contributed by atoms with Gasteiger partial charge in [-0.2, -0.15) is 0 Å². The molecule has 3 rings (SSSR count). The lowest BCUT2D eigenvalue weighted by Gasteiger charge is -2.12. The van der Waals surface area contributed by atoms with Gasteiger partial charge in [-0.25, -0.2) is 4.98 Å². The highest BCUT2D eigenvalue weighted by Gasteiger charge is 2.24. The van der Waals surface area contributed by atoms with Gasteiger partial charge >= 0.3 is 5.97 Å². The van der Waals surface area contributed by atoms with Crippen molar-refractivity contribution in [3.63, 3.8) is 0 Å². The zero-order chi connectivity index (χ0) is 12.5. The van der Waals surface area contributed by atoms with Crippen LogP contribution in [0.1, 0.15) is 6.42 Å². The number of carboxylic acid groups (broad SMARTS) is 1. The zero-order valence-electron chi connectivity index (χ0n) is 9.39. The predicted octanol–water partition coefficient (Wildman–Crippen LogP) is 0.565. The minimum Gasteiger partial charge on any atom is -0.481 e. The Balaban J connectivity index is 1.80. The summed E-state index contributed by atoms with van der Waals surface area (Å²) in [6, 6.07) is -0.0403. The van der Waals surface area contributed by atoms with E-state index in [-0.39, 0.29) is 6.04 Å². The molecule has 2 unspecified atom stereocenters. The Morgan fingerprint density at radius 3 is 3.17 bits per heavy atom. The summed E-state index contributed by atoms with van der Waals surface area (Å²) < 4.78 is 1.75. The molecule has 0 fully saturated rings. The van der Waals surface area contributed by atoms with Gasteiger partial charge in [-0.3, -0.25) is 9.20 Å². The second kappa shape index (κ2) is 4.10. The van der Waals surface area contributed by atoms with Crippen LogP contribution in [0.4, 0.5) is 5.82 Å². The second-order valence-corrected chi connectivity index (χ2v) is 4.15. The quantitative estimate of drug-likeness (QED) is 0.768. The van der Waals surface area contributed by atoms with E-state index in [0.29, 0.717) is 17.9 Å². The van der Waals surface area contributed by atoms with Crippen molar-refractivity contribution in [3.8, 4) is 0 Å². The van der Waals surface area contributed by atoms with E-state index in [2.05, 4.69) is 20.5 Å². The van der Waals surface area contributed by atoms with Crippen LogP contribution in [0.3, 0.4) is 0 Å². The smallest absolute Gasteiger partial charge is 0.310 e. The van der Waals surface area contributed by atoms with Crippen LogP contribution in [-0.4, -0.2) is 36.7 Å². The zero-order valence-corrected chi connectivity index (χ0v) is 9.39. The number of aromatic nitrogens is 4. The number of nitrogens with one attached hydrogen (secondary N) is 1. The fourth-order valence-electron chi connectivity index (χ4n) is 2.03. The maximum absolute atomic E-state index is 10.8. The van der Waals surface area contributed by atoms with E-state index in [1.54, 1.807) is 29.2 Å². The maximum Gasteiger partial charge on any atom is 0.310 e. The van der Waals surface area contributed by atoms with Gasteiger partial charge in [0.2, 0.25) is 5.65 Å². The number of hydrogen-bond donors (Lipinski definition) is 2.